The number of hydrogen-bond acceptors (Lipinski definition) is 3. The summed E-state index contributed by atoms with van der Waals surface area (Å²) >= 11 is 19.9. The molecule has 0 bridgehead atoms. The molecule has 2 nitrogen and oxygen atoms in total. The lowest BCUT2D eigenvalue weighted by atomic mass is 10.2. The van der Waals surface area contributed by atoms with Crippen molar-refractivity contribution in [2.75, 3.05) is 5.32 Å². The monoisotopic (exact) mass is 342 g/mol. The molecule has 0 saturated heterocycles. The molecule has 0 unspecified atom stereocenters. The molecule has 0 fully saturated rings. The Morgan fingerprint density at radius 1 is 1.05 bits per heavy atom. The molecule has 0 aliphatic rings. The zero-order chi connectivity index (χ0) is 14.1. The van der Waals surface area contributed by atoms with Crippen LogP contribution in [0.4, 0.5) is 5.69 Å². The fourth-order valence-electron chi connectivity index (χ4n) is 1.89. The molecule has 20 heavy (non-hydrogen) atoms. The Kier molecular flexibility index (Phi) is 4.03. The van der Waals surface area contributed by atoms with Gasteiger partial charge in [-0.15, -0.1) is 11.3 Å². The highest BCUT2D eigenvalue weighted by Gasteiger charge is 2.09. The zero-order valence-corrected chi connectivity index (χ0v) is 13.2. The summed E-state index contributed by atoms with van der Waals surface area (Å²) < 4.78 is 1.14. The van der Waals surface area contributed by atoms with Crippen LogP contribution in [0.25, 0.3) is 10.2 Å². The van der Waals surface area contributed by atoms with Crippen LogP contribution < -0.4 is 5.32 Å². The lowest BCUT2D eigenvalue weighted by Gasteiger charge is -2.11. The molecule has 6 heteroatoms. The van der Waals surface area contributed by atoms with Gasteiger partial charge in [0.15, 0.2) is 0 Å². The first-order chi connectivity index (χ1) is 9.65. The summed E-state index contributed by atoms with van der Waals surface area (Å²) in [7, 11) is 0. The van der Waals surface area contributed by atoms with Gasteiger partial charge in [0.1, 0.15) is 0 Å². The summed E-state index contributed by atoms with van der Waals surface area (Å²) in [6, 6.07) is 9.46. The van der Waals surface area contributed by atoms with Gasteiger partial charge in [-0.05, 0) is 30.3 Å². The van der Waals surface area contributed by atoms with Crippen LogP contribution in [-0.2, 0) is 6.54 Å². The minimum atomic E-state index is 0.491. The smallest absolute Gasteiger partial charge is 0.0813 e. The van der Waals surface area contributed by atoms with Crippen LogP contribution in [0.3, 0.4) is 0 Å². The van der Waals surface area contributed by atoms with E-state index in [-0.39, 0.29) is 0 Å². The number of thiazole rings is 1. The van der Waals surface area contributed by atoms with Gasteiger partial charge < -0.3 is 5.32 Å². The van der Waals surface area contributed by atoms with Crippen LogP contribution in [0.1, 0.15) is 5.56 Å². The van der Waals surface area contributed by atoms with Crippen molar-refractivity contribution in [1.29, 1.82) is 0 Å². The van der Waals surface area contributed by atoms with Crippen LogP contribution >= 0.6 is 46.1 Å². The maximum atomic E-state index is 6.18. The number of hydrogen-bond donors (Lipinski definition) is 1. The van der Waals surface area contributed by atoms with E-state index >= 15 is 0 Å². The van der Waals surface area contributed by atoms with Gasteiger partial charge in [0.25, 0.3) is 0 Å². The third-order valence-corrected chi connectivity index (χ3v) is 4.93. The van der Waals surface area contributed by atoms with Gasteiger partial charge in [-0.25, -0.2) is 4.98 Å². The van der Waals surface area contributed by atoms with E-state index in [1.165, 1.54) is 0 Å². The zero-order valence-electron chi connectivity index (χ0n) is 10.2. The Morgan fingerprint density at radius 3 is 2.70 bits per heavy atom. The van der Waals surface area contributed by atoms with Gasteiger partial charge in [0, 0.05) is 22.8 Å². The van der Waals surface area contributed by atoms with E-state index in [9.17, 15) is 0 Å². The van der Waals surface area contributed by atoms with E-state index in [4.69, 9.17) is 34.8 Å². The van der Waals surface area contributed by atoms with Gasteiger partial charge >= 0.3 is 0 Å². The molecule has 0 radical (unpaired) electrons. The number of rotatable bonds is 3. The molecule has 0 aliphatic carbocycles. The molecule has 3 rings (SSSR count). The summed E-state index contributed by atoms with van der Waals surface area (Å²) in [5, 5.41) is 4.90. The lowest BCUT2D eigenvalue weighted by Crippen LogP contribution is -2.01. The van der Waals surface area contributed by atoms with E-state index in [2.05, 4.69) is 16.4 Å². The Bertz CT molecular complexity index is 770. The standard InChI is InChI=1S/C14H9Cl3N2S/c15-10-2-3-11(16)14(17)9(10)6-18-8-1-4-12-13(5-8)20-7-19-12/h1-5,7,18H,6H2. The second-order valence-electron chi connectivity index (χ2n) is 4.21. The maximum Gasteiger partial charge on any atom is 0.0813 e. The average Bonchev–Trinajstić information content (AvgIpc) is 2.90. The maximum absolute atomic E-state index is 6.18. The van der Waals surface area contributed by atoms with Crippen molar-refractivity contribution in [2.24, 2.45) is 0 Å². The van der Waals surface area contributed by atoms with Crippen molar-refractivity contribution in [3.05, 3.63) is 56.5 Å². The van der Waals surface area contributed by atoms with Crippen LogP contribution in [0, 0.1) is 0 Å². The van der Waals surface area contributed by atoms with Crippen molar-refractivity contribution in [1.82, 2.24) is 4.98 Å². The Labute approximate surface area is 135 Å². The molecule has 0 spiro atoms. The quantitative estimate of drug-likeness (QED) is 0.602. The van der Waals surface area contributed by atoms with Gasteiger partial charge in [0.2, 0.25) is 0 Å². The highest BCUT2D eigenvalue weighted by atomic mass is 35.5. The molecule has 1 aromatic heterocycles. The van der Waals surface area contributed by atoms with E-state index in [1.54, 1.807) is 23.5 Å². The third kappa shape index (κ3) is 2.72. The van der Waals surface area contributed by atoms with Crippen LogP contribution in [0.2, 0.25) is 15.1 Å². The molecule has 0 aliphatic heterocycles. The average molecular weight is 344 g/mol. The van der Waals surface area contributed by atoms with E-state index in [0.717, 1.165) is 21.5 Å². The van der Waals surface area contributed by atoms with Gasteiger partial charge in [-0.3, -0.25) is 0 Å². The molecule has 1 heterocycles. The second kappa shape index (κ2) is 5.78. The Balaban J connectivity index is 1.84. The number of nitrogens with zero attached hydrogens (tertiary/aromatic N) is 1. The summed E-state index contributed by atoms with van der Waals surface area (Å²) in [5.41, 5.74) is 4.62. The fraction of sp³-hybridized carbons (Fsp3) is 0.0714. The van der Waals surface area contributed by atoms with E-state index in [1.807, 2.05) is 17.6 Å². The minimum Gasteiger partial charge on any atom is -0.381 e. The molecule has 0 saturated carbocycles. The molecule has 0 amide bonds. The van der Waals surface area contributed by atoms with E-state index in [0.29, 0.717) is 21.6 Å². The SMILES string of the molecule is Clc1ccc(Cl)c(CNc2ccc3ncsc3c2)c1Cl. The van der Waals surface area contributed by atoms with Crippen molar-refractivity contribution in [3.8, 4) is 0 Å². The van der Waals surface area contributed by atoms with Crippen LogP contribution in [0.5, 0.6) is 0 Å². The summed E-state index contributed by atoms with van der Waals surface area (Å²) in [4.78, 5) is 4.25. The molecular formula is C14H9Cl3N2S. The Hall–Kier alpha value is -1.00. The lowest BCUT2D eigenvalue weighted by molar-refractivity contribution is 1.15. The van der Waals surface area contributed by atoms with Gasteiger partial charge in [0.05, 0.1) is 25.8 Å². The topological polar surface area (TPSA) is 24.9 Å². The molecule has 102 valence electrons. The first-order valence-electron chi connectivity index (χ1n) is 5.84. The fourth-order valence-corrected chi connectivity index (χ4v) is 3.28. The third-order valence-electron chi connectivity index (χ3n) is 2.94. The Morgan fingerprint density at radius 2 is 1.85 bits per heavy atom. The largest absolute Gasteiger partial charge is 0.381 e. The van der Waals surface area contributed by atoms with Crippen molar-refractivity contribution >= 4 is 62.0 Å². The number of anilines is 1. The van der Waals surface area contributed by atoms with Crippen molar-refractivity contribution in [2.45, 2.75) is 6.54 Å². The molecule has 3 aromatic rings. The predicted molar refractivity (Wildman–Crippen MR) is 88.4 cm³/mol. The number of aromatic nitrogens is 1. The number of nitrogens with one attached hydrogen (secondary N) is 1. The number of fused-ring (bicyclic) bond motifs is 1. The highest BCUT2D eigenvalue weighted by molar-refractivity contribution is 7.16. The molecule has 2 aromatic carbocycles. The van der Waals surface area contributed by atoms with Crippen molar-refractivity contribution in [3.63, 3.8) is 0 Å². The summed E-state index contributed by atoms with van der Waals surface area (Å²) in [5.74, 6) is 0. The van der Waals surface area contributed by atoms with E-state index < -0.39 is 0 Å². The molecule has 0 atom stereocenters. The van der Waals surface area contributed by atoms with Crippen LogP contribution in [0.15, 0.2) is 35.8 Å². The summed E-state index contributed by atoms with van der Waals surface area (Å²) in [6.45, 7) is 0.516. The first-order valence-corrected chi connectivity index (χ1v) is 7.86. The number of halogens is 3. The summed E-state index contributed by atoms with van der Waals surface area (Å²) in [6.07, 6.45) is 0. The normalized spacial score (nSPS) is 10.9. The second-order valence-corrected chi connectivity index (χ2v) is 6.29. The van der Waals surface area contributed by atoms with Crippen molar-refractivity contribution < 1.29 is 0 Å². The predicted octanol–water partition coefficient (Wildman–Crippen LogP) is 5.87. The van der Waals surface area contributed by atoms with Gasteiger partial charge in [-0.1, -0.05) is 34.8 Å². The first kappa shape index (κ1) is 14.0. The minimum absolute atomic E-state index is 0.491. The van der Waals surface area contributed by atoms with Gasteiger partial charge in [-0.2, -0.15) is 0 Å². The van der Waals surface area contributed by atoms with Crippen LogP contribution in [-0.4, -0.2) is 4.98 Å². The molecular weight excluding hydrogens is 335 g/mol. The number of benzene rings is 2. The molecule has 1 N–H and O–H groups in total. The highest BCUT2D eigenvalue weighted by Crippen LogP contribution is 2.32.